The van der Waals surface area contributed by atoms with Gasteiger partial charge in [0, 0.05) is 12.8 Å². The Morgan fingerprint density at radius 1 is 0.680 bits per heavy atom. The fourth-order valence-electron chi connectivity index (χ4n) is 5.42. The van der Waals surface area contributed by atoms with Crippen LogP contribution in [-0.2, 0) is 28.2 Å². The molecule has 0 fully saturated rings. The van der Waals surface area contributed by atoms with Crippen LogP contribution in [0.15, 0.2) is 36.5 Å². The van der Waals surface area contributed by atoms with E-state index >= 15 is 0 Å². The normalized spacial score (nSPS) is 14.1. The van der Waals surface area contributed by atoms with E-state index in [1.54, 1.807) is 12.2 Å². The average Bonchev–Trinajstić information content (AvgIpc) is 3.07. The fraction of sp³-hybridized carbons (Fsp3) is 0.800. The van der Waals surface area contributed by atoms with E-state index in [9.17, 15) is 19.3 Å². The van der Waals surface area contributed by atoms with Gasteiger partial charge in [-0.15, -0.1) is 0 Å². The van der Waals surface area contributed by atoms with Crippen molar-refractivity contribution < 1.29 is 43.0 Å². The van der Waals surface area contributed by atoms with Crippen molar-refractivity contribution in [3.8, 4) is 0 Å². The largest absolute Gasteiger partial charge is 0.469 e. The van der Waals surface area contributed by atoms with Gasteiger partial charge >= 0.3 is 19.8 Å². The molecule has 9 nitrogen and oxygen atoms in total. The fourth-order valence-corrected chi connectivity index (χ4v) is 5.78. The summed E-state index contributed by atoms with van der Waals surface area (Å²) in [4.78, 5) is 42.8. The molecule has 0 heterocycles. The standard InChI is InChI=1S/C40H73O9P/c1-4-6-7-8-9-10-11-12-13-17-20-23-26-30-37(41)31-28-33-40(43)49-38(35-48-50(44,45)46)34-47-39(42)32-27-24-21-18-15-14-16-19-22-25-29-36(3)5-2/h12-13,20,23,26,30,36-38,41H,4-11,14-19,21-22,24-25,27-29,31-35H2,1-3H3,(H2,44,45,46)/b13-12+,23-20+,30-26+/t36?,37?,38-/m1/s1. The summed E-state index contributed by atoms with van der Waals surface area (Å²) in [5.41, 5.74) is 0. The van der Waals surface area contributed by atoms with Gasteiger partial charge in [0.1, 0.15) is 6.61 Å². The Morgan fingerprint density at radius 3 is 1.92 bits per heavy atom. The Labute approximate surface area is 304 Å². The Bertz CT molecular complexity index is 943. The van der Waals surface area contributed by atoms with Crippen LogP contribution in [0.5, 0.6) is 0 Å². The quantitative estimate of drug-likeness (QED) is 0.0191. The molecule has 0 aliphatic rings. The van der Waals surface area contributed by atoms with Crippen LogP contribution in [-0.4, -0.2) is 52.3 Å². The van der Waals surface area contributed by atoms with E-state index in [1.807, 2.05) is 12.2 Å². The number of aliphatic hydroxyl groups is 1. The van der Waals surface area contributed by atoms with Gasteiger partial charge in [0.2, 0.25) is 0 Å². The molecule has 0 rings (SSSR count). The highest BCUT2D eigenvalue weighted by atomic mass is 31.2. The van der Waals surface area contributed by atoms with Crippen molar-refractivity contribution in [2.24, 2.45) is 5.92 Å². The third kappa shape index (κ3) is 36.0. The number of carbonyl (C=O) groups is 2. The van der Waals surface area contributed by atoms with Crippen molar-refractivity contribution in [3.63, 3.8) is 0 Å². The van der Waals surface area contributed by atoms with E-state index in [-0.39, 0.29) is 19.4 Å². The molecule has 0 bridgehead atoms. The lowest BCUT2D eigenvalue weighted by Gasteiger charge is -2.18. The van der Waals surface area contributed by atoms with Crippen LogP contribution in [0.1, 0.15) is 175 Å². The molecule has 0 aromatic heterocycles. The number of hydrogen-bond acceptors (Lipinski definition) is 7. The topological polar surface area (TPSA) is 140 Å². The number of phosphoric acid groups is 1. The molecule has 0 aliphatic heterocycles. The number of aliphatic hydroxyl groups excluding tert-OH is 1. The van der Waals surface area contributed by atoms with Gasteiger partial charge in [-0.1, -0.05) is 160 Å². The summed E-state index contributed by atoms with van der Waals surface area (Å²) in [6.45, 7) is 5.85. The Morgan fingerprint density at radius 2 is 1.28 bits per heavy atom. The first kappa shape index (κ1) is 48.2. The van der Waals surface area contributed by atoms with E-state index in [4.69, 9.17) is 19.3 Å². The zero-order valence-electron chi connectivity index (χ0n) is 31.8. The maximum absolute atomic E-state index is 12.4. The summed E-state index contributed by atoms with van der Waals surface area (Å²) in [7, 11) is -4.80. The minimum atomic E-state index is -4.80. The number of ether oxygens (including phenoxy) is 2. The zero-order valence-corrected chi connectivity index (χ0v) is 32.7. The molecule has 10 heteroatoms. The molecule has 3 atom stereocenters. The van der Waals surface area contributed by atoms with Crippen LogP contribution in [0.2, 0.25) is 0 Å². The number of phosphoric ester groups is 1. The van der Waals surface area contributed by atoms with E-state index in [0.29, 0.717) is 19.3 Å². The molecule has 0 aromatic rings. The molecular weight excluding hydrogens is 655 g/mol. The predicted molar refractivity (Wildman–Crippen MR) is 204 cm³/mol. The van der Waals surface area contributed by atoms with Crippen LogP contribution in [0.25, 0.3) is 0 Å². The van der Waals surface area contributed by atoms with Gasteiger partial charge in [0.25, 0.3) is 0 Å². The second-order valence-corrected chi connectivity index (χ2v) is 14.9. The van der Waals surface area contributed by atoms with Gasteiger partial charge < -0.3 is 24.4 Å². The van der Waals surface area contributed by atoms with Crippen molar-refractivity contribution in [3.05, 3.63) is 36.5 Å². The number of esters is 2. The third-order valence-electron chi connectivity index (χ3n) is 8.81. The Kier molecular flexibility index (Phi) is 33.1. The number of unbranched alkanes of at least 4 members (excludes halogenated alkanes) is 15. The molecule has 0 amide bonds. The molecule has 0 radical (unpaired) electrons. The summed E-state index contributed by atoms with van der Waals surface area (Å²) >= 11 is 0. The molecule has 0 saturated carbocycles. The molecule has 50 heavy (non-hydrogen) atoms. The number of carbonyl (C=O) groups excluding carboxylic acids is 2. The smallest absolute Gasteiger partial charge is 0.462 e. The highest BCUT2D eigenvalue weighted by Gasteiger charge is 2.23. The monoisotopic (exact) mass is 728 g/mol. The van der Waals surface area contributed by atoms with E-state index in [1.165, 1.54) is 89.9 Å². The molecule has 0 aromatic carbocycles. The molecule has 0 saturated heterocycles. The summed E-state index contributed by atoms with van der Waals surface area (Å²) in [6.07, 6.45) is 34.7. The summed E-state index contributed by atoms with van der Waals surface area (Å²) in [5, 5.41) is 10.2. The first-order valence-electron chi connectivity index (χ1n) is 19.8. The van der Waals surface area contributed by atoms with E-state index < -0.39 is 38.6 Å². The molecule has 3 N–H and O–H groups in total. The Hall–Kier alpha value is -1.77. The third-order valence-corrected chi connectivity index (χ3v) is 9.29. The molecule has 292 valence electrons. The molecule has 2 unspecified atom stereocenters. The minimum Gasteiger partial charge on any atom is -0.462 e. The zero-order chi connectivity index (χ0) is 37.1. The van der Waals surface area contributed by atoms with E-state index in [0.717, 1.165) is 38.0 Å². The van der Waals surface area contributed by atoms with Gasteiger partial charge in [-0.25, -0.2) is 4.57 Å². The van der Waals surface area contributed by atoms with Gasteiger partial charge in [0.05, 0.1) is 12.7 Å². The summed E-state index contributed by atoms with van der Waals surface area (Å²) in [5.74, 6) is -0.239. The number of hydrogen-bond donors (Lipinski definition) is 3. The lowest BCUT2D eigenvalue weighted by molar-refractivity contribution is -0.161. The number of allylic oxidation sites excluding steroid dienone is 5. The van der Waals surface area contributed by atoms with Crippen LogP contribution in [0.3, 0.4) is 0 Å². The van der Waals surface area contributed by atoms with Gasteiger partial charge in [0.15, 0.2) is 6.10 Å². The molecule has 0 aliphatic carbocycles. The maximum Gasteiger partial charge on any atom is 0.469 e. The van der Waals surface area contributed by atoms with Crippen molar-refractivity contribution in [2.75, 3.05) is 13.2 Å². The van der Waals surface area contributed by atoms with Crippen molar-refractivity contribution >= 4 is 19.8 Å². The first-order valence-corrected chi connectivity index (χ1v) is 21.3. The van der Waals surface area contributed by atoms with Crippen molar-refractivity contribution in [1.29, 1.82) is 0 Å². The summed E-state index contributed by atoms with van der Waals surface area (Å²) < 4.78 is 26.2. The second-order valence-electron chi connectivity index (χ2n) is 13.7. The highest BCUT2D eigenvalue weighted by molar-refractivity contribution is 7.46. The van der Waals surface area contributed by atoms with Crippen LogP contribution >= 0.6 is 7.82 Å². The van der Waals surface area contributed by atoms with Crippen LogP contribution in [0, 0.1) is 5.92 Å². The predicted octanol–water partition coefficient (Wildman–Crippen LogP) is 10.6. The minimum absolute atomic E-state index is 0.0112. The van der Waals surface area contributed by atoms with Gasteiger partial charge in [-0.3, -0.25) is 14.1 Å². The molecule has 0 spiro atoms. The van der Waals surface area contributed by atoms with Crippen molar-refractivity contribution in [1.82, 2.24) is 0 Å². The van der Waals surface area contributed by atoms with Gasteiger partial charge in [-0.2, -0.15) is 0 Å². The average molecular weight is 729 g/mol. The highest BCUT2D eigenvalue weighted by Crippen LogP contribution is 2.36. The number of rotatable bonds is 35. The Balaban J connectivity index is 4.16. The van der Waals surface area contributed by atoms with Gasteiger partial charge in [-0.05, 0) is 44.4 Å². The molecular formula is C40H73O9P. The maximum atomic E-state index is 12.4. The van der Waals surface area contributed by atoms with Crippen LogP contribution < -0.4 is 0 Å². The van der Waals surface area contributed by atoms with Crippen LogP contribution in [0.4, 0.5) is 0 Å². The SMILES string of the molecule is CCCCCCCC/C=C/C/C=C/C=C/C(O)CCCC(=O)O[C@H](COC(=O)CCCCCCCCCCCCC(C)CC)COP(=O)(O)O. The van der Waals surface area contributed by atoms with E-state index in [2.05, 4.69) is 37.4 Å². The van der Waals surface area contributed by atoms with Crippen molar-refractivity contribution in [2.45, 2.75) is 187 Å². The lowest BCUT2D eigenvalue weighted by atomic mass is 9.99. The first-order chi connectivity index (χ1) is 24.1. The second kappa shape index (κ2) is 34.3. The summed E-state index contributed by atoms with van der Waals surface area (Å²) in [6, 6.07) is 0. The lowest BCUT2D eigenvalue weighted by Crippen LogP contribution is -2.29.